The Kier molecular flexibility index (Phi) is 7.88. The normalized spacial score (nSPS) is 11.2. The highest BCUT2D eigenvalue weighted by Gasteiger charge is 2.17. The molecule has 2 heterocycles. The van der Waals surface area contributed by atoms with Gasteiger partial charge < -0.3 is 14.5 Å². The second-order valence-electron chi connectivity index (χ2n) is 8.51. The standard InChI is InChI=1S/C27H28N4O5S/c1-4-5-20-6-10-22(11-7-20)35-17-23-12-15-25(36-23)26(32)30-21-8-13-24(14-9-21)37(33,34)31-27-28-18(2)16-19(3)29-27/h6-16H,4-5,17H2,1-3H3,(H,30,32)(H,28,29,31). The summed E-state index contributed by atoms with van der Waals surface area (Å²) in [4.78, 5) is 20.8. The Morgan fingerprint density at radius 1 is 0.946 bits per heavy atom. The van der Waals surface area contributed by atoms with Gasteiger partial charge in [-0.3, -0.25) is 4.79 Å². The summed E-state index contributed by atoms with van der Waals surface area (Å²) in [5.74, 6) is 0.871. The third kappa shape index (κ3) is 6.95. The number of carbonyl (C=O) groups is 1. The average molecular weight is 521 g/mol. The number of benzene rings is 2. The number of ether oxygens (including phenoxy) is 1. The van der Waals surface area contributed by atoms with E-state index in [2.05, 4.69) is 26.9 Å². The number of aryl methyl sites for hydroxylation is 3. The molecule has 0 fully saturated rings. The van der Waals surface area contributed by atoms with Crippen molar-refractivity contribution in [3.05, 3.63) is 95.2 Å². The highest BCUT2D eigenvalue weighted by atomic mass is 32.2. The first-order chi connectivity index (χ1) is 17.7. The Balaban J connectivity index is 1.34. The molecular weight excluding hydrogens is 492 g/mol. The van der Waals surface area contributed by atoms with Crippen molar-refractivity contribution in [1.29, 1.82) is 0 Å². The summed E-state index contributed by atoms with van der Waals surface area (Å²) in [5.41, 5.74) is 2.96. The molecule has 2 aromatic carbocycles. The molecule has 0 unspecified atom stereocenters. The van der Waals surface area contributed by atoms with Crippen LogP contribution in [0.25, 0.3) is 0 Å². The second-order valence-corrected chi connectivity index (χ2v) is 10.2. The van der Waals surface area contributed by atoms with E-state index in [-0.39, 0.29) is 23.2 Å². The molecule has 37 heavy (non-hydrogen) atoms. The Morgan fingerprint density at radius 2 is 1.62 bits per heavy atom. The van der Waals surface area contributed by atoms with Crippen LogP contribution in [0, 0.1) is 13.8 Å². The van der Waals surface area contributed by atoms with E-state index in [1.54, 1.807) is 32.0 Å². The summed E-state index contributed by atoms with van der Waals surface area (Å²) in [5, 5.41) is 2.69. The SMILES string of the molecule is CCCc1ccc(OCc2ccc(C(=O)Nc3ccc(S(=O)(=O)Nc4nc(C)cc(C)n4)cc3)o2)cc1. The number of hydrogen-bond donors (Lipinski definition) is 2. The minimum absolute atomic E-state index is 0.000917. The Hall–Kier alpha value is -4.18. The van der Waals surface area contributed by atoms with E-state index in [0.717, 1.165) is 18.6 Å². The predicted octanol–water partition coefficient (Wildman–Crippen LogP) is 5.27. The zero-order chi connectivity index (χ0) is 26.4. The van der Waals surface area contributed by atoms with E-state index in [1.807, 2.05) is 24.3 Å². The van der Waals surface area contributed by atoms with Gasteiger partial charge in [-0.25, -0.2) is 23.1 Å². The van der Waals surface area contributed by atoms with E-state index in [0.29, 0.717) is 22.8 Å². The zero-order valence-electron chi connectivity index (χ0n) is 20.8. The number of rotatable bonds is 10. The van der Waals surface area contributed by atoms with Gasteiger partial charge in [-0.15, -0.1) is 0 Å². The number of nitrogens with one attached hydrogen (secondary N) is 2. The van der Waals surface area contributed by atoms with Crippen LogP contribution in [0.15, 0.2) is 76.0 Å². The van der Waals surface area contributed by atoms with Crippen LogP contribution in [0.4, 0.5) is 11.6 Å². The van der Waals surface area contributed by atoms with Crippen LogP contribution in [-0.2, 0) is 23.1 Å². The maximum Gasteiger partial charge on any atom is 0.291 e. The first-order valence-corrected chi connectivity index (χ1v) is 13.3. The number of nitrogens with zero attached hydrogens (tertiary/aromatic N) is 2. The van der Waals surface area contributed by atoms with E-state index < -0.39 is 15.9 Å². The molecule has 0 spiro atoms. The van der Waals surface area contributed by atoms with Crippen LogP contribution < -0.4 is 14.8 Å². The van der Waals surface area contributed by atoms with Gasteiger partial charge in [0.15, 0.2) is 5.76 Å². The molecule has 0 aliphatic heterocycles. The number of amides is 1. The van der Waals surface area contributed by atoms with Crippen LogP contribution in [0.2, 0.25) is 0 Å². The summed E-state index contributed by atoms with van der Waals surface area (Å²) in [6.45, 7) is 5.83. The predicted molar refractivity (Wildman–Crippen MR) is 140 cm³/mol. The fourth-order valence-corrected chi connectivity index (χ4v) is 4.58. The van der Waals surface area contributed by atoms with E-state index in [9.17, 15) is 13.2 Å². The summed E-state index contributed by atoms with van der Waals surface area (Å²) in [6, 6.07) is 18.6. The summed E-state index contributed by atoms with van der Waals surface area (Å²) in [6.07, 6.45) is 2.11. The Labute approximate surface area is 216 Å². The van der Waals surface area contributed by atoms with Gasteiger partial charge in [0.25, 0.3) is 15.9 Å². The number of furan rings is 1. The zero-order valence-corrected chi connectivity index (χ0v) is 21.6. The van der Waals surface area contributed by atoms with Crippen LogP contribution >= 0.6 is 0 Å². The molecule has 0 aliphatic rings. The van der Waals surface area contributed by atoms with Crippen molar-refractivity contribution in [1.82, 2.24) is 9.97 Å². The lowest BCUT2D eigenvalue weighted by Crippen LogP contribution is -2.16. The van der Waals surface area contributed by atoms with E-state index in [4.69, 9.17) is 9.15 Å². The molecule has 2 N–H and O–H groups in total. The molecule has 2 aromatic heterocycles. The lowest BCUT2D eigenvalue weighted by molar-refractivity contribution is 0.0992. The summed E-state index contributed by atoms with van der Waals surface area (Å²) in [7, 11) is -3.90. The third-order valence-corrected chi connectivity index (χ3v) is 6.70. The van der Waals surface area contributed by atoms with Crippen molar-refractivity contribution in [2.24, 2.45) is 0 Å². The van der Waals surface area contributed by atoms with Crippen molar-refractivity contribution < 1.29 is 22.4 Å². The second kappa shape index (κ2) is 11.3. The van der Waals surface area contributed by atoms with Gasteiger partial charge >= 0.3 is 0 Å². The molecule has 0 saturated carbocycles. The maximum atomic E-state index is 12.7. The fourth-order valence-electron chi connectivity index (χ4n) is 3.63. The number of anilines is 2. The summed E-state index contributed by atoms with van der Waals surface area (Å²) < 4.78 is 39.1. The highest BCUT2D eigenvalue weighted by molar-refractivity contribution is 7.92. The van der Waals surface area contributed by atoms with Crippen LogP contribution in [-0.4, -0.2) is 24.3 Å². The average Bonchev–Trinajstić information content (AvgIpc) is 3.33. The van der Waals surface area contributed by atoms with Gasteiger partial charge in [0.1, 0.15) is 18.1 Å². The highest BCUT2D eigenvalue weighted by Crippen LogP contribution is 2.20. The first kappa shape index (κ1) is 25.9. The van der Waals surface area contributed by atoms with Crippen molar-refractivity contribution in [3.63, 3.8) is 0 Å². The molecule has 0 saturated heterocycles. The van der Waals surface area contributed by atoms with Gasteiger partial charge in [0, 0.05) is 17.1 Å². The summed E-state index contributed by atoms with van der Waals surface area (Å²) >= 11 is 0. The molecule has 192 valence electrons. The molecule has 10 heteroatoms. The molecule has 0 bridgehead atoms. The molecule has 4 aromatic rings. The quantitative estimate of drug-likeness (QED) is 0.292. The number of hydrogen-bond acceptors (Lipinski definition) is 7. The first-order valence-electron chi connectivity index (χ1n) is 11.8. The molecule has 1 amide bonds. The van der Waals surface area contributed by atoms with Crippen LogP contribution in [0.5, 0.6) is 5.75 Å². The van der Waals surface area contributed by atoms with Gasteiger partial charge in [0.2, 0.25) is 5.95 Å². The molecular formula is C27H28N4O5S. The molecule has 0 atom stereocenters. The lowest BCUT2D eigenvalue weighted by atomic mass is 10.1. The van der Waals surface area contributed by atoms with Crippen molar-refractivity contribution in [3.8, 4) is 5.75 Å². The Bertz CT molecular complexity index is 1460. The largest absolute Gasteiger partial charge is 0.486 e. The van der Waals surface area contributed by atoms with Gasteiger partial charge in [-0.2, -0.15) is 0 Å². The Morgan fingerprint density at radius 3 is 2.27 bits per heavy atom. The maximum absolute atomic E-state index is 12.7. The van der Waals surface area contributed by atoms with Crippen molar-refractivity contribution in [2.75, 3.05) is 10.0 Å². The fraction of sp³-hybridized carbons (Fsp3) is 0.222. The number of aromatic nitrogens is 2. The monoisotopic (exact) mass is 520 g/mol. The minimum Gasteiger partial charge on any atom is -0.486 e. The van der Waals surface area contributed by atoms with Crippen molar-refractivity contribution in [2.45, 2.75) is 45.1 Å². The molecule has 0 aliphatic carbocycles. The van der Waals surface area contributed by atoms with Crippen LogP contribution in [0.1, 0.15) is 46.6 Å². The molecule has 9 nitrogen and oxygen atoms in total. The van der Waals surface area contributed by atoms with Crippen LogP contribution in [0.3, 0.4) is 0 Å². The van der Waals surface area contributed by atoms with Gasteiger partial charge in [-0.1, -0.05) is 25.5 Å². The van der Waals surface area contributed by atoms with Gasteiger partial charge in [-0.05, 0) is 80.4 Å². The minimum atomic E-state index is -3.90. The molecule has 4 rings (SSSR count). The third-order valence-electron chi connectivity index (χ3n) is 5.36. The van der Waals surface area contributed by atoms with E-state index >= 15 is 0 Å². The smallest absolute Gasteiger partial charge is 0.291 e. The number of sulfonamides is 1. The van der Waals surface area contributed by atoms with E-state index in [1.165, 1.54) is 29.8 Å². The number of carbonyl (C=O) groups excluding carboxylic acids is 1. The topological polar surface area (TPSA) is 123 Å². The van der Waals surface area contributed by atoms with Crippen molar-refractivity contribution >= 4 is 27.6 Å². The van der Waals surface area contributed by atoms with Gasteiger partial charge in [0.05, 0.1) is 4.90 Å². The lowest BCUT2D eigenvalue weighted by Gasteiger charge is -2.09. The molecule has 0 radical (unpaired) electrons.